The first kappa shape index (κ1) is 21.8. The molecule has 94 valence electrons. The SMILES string of the molecule is O=S(=O)(O)c1ccc(CBr)c(S(=O)(=O)O)c1.[H-].[H-].[Na+].[Na+]. The van der Waals surface area contributed by atoms with Crippen LogP contribution >= 0.6 is 15.9 Å². The van der Waals surface area contributed by atoms with Crippen LogP contribution in [0, 0.1) is 0 Å². The molecule has 0 heterocycles. The van der Waals surface area contributed by atoms with E-state index in [1.165, 1.54) is 6.07 Å². The molecule has 0 spiro atoms. The molecule has 1 aromatic rings. The van der Waals surface area contributed by atoms with Gasteiger partial charge in [-0.3, -0.25) is 9.11 Å². The van der Waals surface area contributed by atoms with Gasteiger partial charge in [0.1, 0.15) is 0 Å². The Bertz CT molecular complexity index is 622. The summed E-state index contributed by atoms with van der Waals surface area (Å²) in [6.45, 7) is 0. The van der Waals surface area contributed by atoms with Crippen molar-refractivity contribution in [3.05, 3.63) is 23.8 Å². The van der Waals surface area contributed by atoms with Gasteiger partial charge in [0.15, 0.2) is 0 Å². The predicted molar refractivity (Wildman–Crippen MR) is 60.9 cm³/mol. The molecule has 0 amide bonds. The Morgan fingerprint density at radius 1 is 1.06 bits per heavy atom. The Labute approximate surface area is 161 Å². The fraction of sp³-hybridized carbons (Fsp3) is 0.143. The van der Waals surface area contributed by atoms with E-state index in [1.807, 2.05) is 0 Å². The van der Waals surface area contributed by atoms with Crippen molar-refractivity contribution in [1.29, 1.82) is 0 Å². The van der Waals surface area contributed by atoms with E-state index in [9.17, 15) is 16.8 Å². The maximum absolute atomic E-state index is 11.0. The van der Waals surface area contributed by atoms with Crippen LogP contribution in [0.15, 0.2) is 28.0 Å². The molecule has 1 rings (SSSR count). The average molecular weight is 379 g/mol. The first-order valence-electron chi connectivity index (χ1n) is 3.80. The first-order valence-corrected chi connectivity index (χ1v) is 7.80. The number of halogens is 1. The van der Waals surface area contributed by atoms with Gasteiger partial charge in [0.05, 0.1) is 9.79 Å². The largest absolute Gasteiger partial charge is 1.00 e. The van der Waals surface area contributed by atoms with Gasteiger partial charge in [-0.1, -0.05) is 22.0 Å². The van der Waals surface area contributed by atoms with Gasteiger partial charge < -0.3 is 2.85 Å². The third-order valence-corrected chi connectivity index (χ3v) is 4.15. The van der Waals surface area contributed by atoms with Gasteiger partial charge in [-0.2, -0.15) is 16.8 Å². The van der Waals surface area contributed by atoms with Crippen molar-refractivity contribution in [2.24, 2.45) is 0 Å². The van der Waals surface area contributed by atoms with Crippen LogP contribution < -0.4 is 59.1 Å². The quantitative estimate of drug-likeness (QED) is 0.311. The molecule has 0 bridgehead atoms. The Morgan fingerprint density at radius 2 is 1.56 bits per heavy atom. The second-order valence-corrected chi connectivity index (χ2v) is 6.23. The molecule has 0 unspecified atom stereocenters. The Balaban J connectivity index is -0.000000320. The molecule has 0 aromatic heterocycles. The van der Waals surface area contributed by atoms with Crippen molar-refractivity contribution in [1.82, 2.24) is 0 Å². The van der Waals surface area contributed by atoms with Crippen molar-refractivity contribution >= 4 is 36.2 Å². The average Bonchev–Trinajstić information content (AvgIpc) is 2.14. The summed E-state index contributed by atoms with van der Waals surface area (Å²) in [6.07, 6.45) is 0. The van der Waals surface area contributed by atoms with Crippen LogP contribution in [-0.2, 0) is 25.6 Å². The number of hydrogen-bond donors (Lipinski definition) is 2. The summed E-state index contributed by atoms with van der Waals surface area (Å²) in [5.74, 6) is 0. The van der Waals surface area contributed by atoms with Crippen LogP contribution in [0.3, 0.4) is 0 Å². The molecular formula is C7H9BrNa2O6S2. The maximum atomic E-state index is 11.0. The van der Waals surface area contributed by atoms with Crippen LogP contribution in [0.5, 0.6) is 0 Å². The van der Waals surface area contributed by atoms with E-state index < -0.39 is 30.0 Å². The van der Waals surface area contributed by atoms with E-state index in [-0.39, 0.29) is 72.9 Å². The monoisotopic (exact) mass is 378 g/mol. The maximum Gasteiger partial charge on any atom is 1.00 e. The van der Waals surface area contributed by atoms with Gasteiger partial charge >= 0.3 is 59.1 Å². The summed E-state index contributed by atoms with van der Waals surface area (Å²) < 4.78 is 61.1. The topological polar surface area (TPSA) is 109 Å². The van der Waals surface area contributed by atoms with Crippen molar-refractivity contribution in [3.8, 4) is 0 Å². The molecule has 0 aliphatic rings. The Morgan fingerprint density at radius 3 is 1.89 bits per heavy atom. The van der Waals surface area contributed by atoms with Crippen LogP contribution in [0.1, 0.15) is 8.42 Å². The van der Waals surface area contributed by atoms with E-state index in [0.717, 1.165) is 6.07 Å². The number of benzene rings is 1. The normalized spacial score (nSPS) is 11.3. The summed E-state index contributed by atoms with van der Waals surface area (Å²) in [4.78, 5) is -1.15. The van der Waals surface area contributed by atoms with Crippen LogP contribution in [0.2, 0.25) is 0 Å². The zero-order valence-corrected chi connectivity index (χ0v) is 16.9. The van der Waals surface area contributed by atoms with Gasteiger partial charge in [-0.15, -0.1) is 0 Å². The van der Waals surface area contributed by atoms with Gasteiger partial charge in [0.2, 0.25) is 0 Å². The molecule has 6 nitrogen and oxygen atoms in total. The van der Waals surface area contributed by atoms with Crippen molar-refractivity contribution in [2.75, 3.05) is 0 Å². The second-order valence-electron chi connectivity index (χ2n) is 2.85. The molecule has 0 fully saturated rings. The third kappa shape index (κ3) is 5.88. The van der Waals surface area contributed by atoms with E-state index >= 15 is 0 Å². The molecule has 0 aliphatic heterocycles. The predicted octanol–water partition coefficient (Wildman–Crippen LogP) is -4.69. The molecule has 0 radical (unpaired) electrons. The minimum Gasteiger partial charge on any atom is -1.00 e. The van der Waals surface area contributed by atoms with Gasteiger partial charge in [-0.25, -0.2) is 0 Å². The fourth-order valence-corrected chi connectivity index (χ4v) is 3.05. The molecule has 0 saturated carbocycles. The summed E-state index contributed by atoms with van der Waals surface area (Å²) in [6, 6.07) is 2.92. The van der Waals surface area contributed by atoms with Gasteiger partial charge in [0.25, 0.3) is 20.2 Å². The Hall–Kier alpha value is 1.52. The summed E-state index contributed by atoms with van der Waals surface area (Å²) in [7, 11) is -9.04. The summed E-state index contributed by atoms with van der Waals surface area (Å²) in [5, 5.41) is 0.119. The second kappa shape index (κ2) is 8.08. The number of alkyl halides is 1. The summed E-state index contributed by atoms with van der Waals surface area (Å²) in [5.41, 5.74) is 0.190. The number of hydrogen-bond acceptors (Lipinski definition) is 4. The van der Waals surface area contributed by atoms with E-state index in [0.29, 0.717) is 6.07 Å². The molecule has 0 atom stereocenters. The fourth-order valence-electron chi connectivity index (χ4n) is 1.05. The summed E-state index contributed by atoms with van der Waals surface area (Å²) >= 11 is 2.99. The zero-order valence-electron chi connectivity index (χ0n) is 11.7. The van der Waals surface area contributed by atoms with E-state index in [4.69, 9.17) is 9.11 Å². The van der Waals surface area contributed by atoms with Crippen LogP contribution in [0.4, 0.5) is 0 Å². The number of rotatable bonds is 3. The minimum absolute atomic E-state index is 0. The molecule has 1 aromatic carbocycles. The molecule has 0 saturated heterocycles. The molecule has 18 heavy (non-hydrogen) atoms. The minimum atomic E-state index is -4.53. The Kier molecular flexibility index (Phi) is 9.79. The van der Waals surface area contributed by atoms with Gasteiger partial charge in [-0.05, 0) is 17.7 Å². The van der Waals surface area contributed by atoms with E-state index in [1.54, 1.807) is 0 Å². The molecule has 0 aliphatic carbocycles. The van der Waals surface area contributed by atoms with Crippen molar-refractivity contribution in [3.63, 3.8) is 0 Å². The van der Waals surface area contributed by atoms with Crippen molar-refractivity contribution < 1.29 is 87.9 Å². The van der Waals surface area contributed by atoms with Crippen molar-refractivity contribution in [2.45, 2.75) is 15.1 Å². The molecule has 2 N–H and O–H groups in total. The van der Waals surface area contributed by atoms with Gasteiger partial charge in [0, 0.05) is 5.33 Å². The first-order chi connectivity index (χ1) is 7.16. The van der Waals surface area contributed by atoms with Crippen LogP contribution in [0.25, 0.3) is 0 Å². The molecular weight excluding hydrogens is 370 g/mol. The standard InChI is InChI=1S/C7H7BrO6S2.2Na.2H/c8-4-5-1-2-6(15(9,10)11)3-7(5)16(12,13)14;;;;/h1-3H,4H2,(H,9,10,11)(H,12,13,14);;;;/q;2*+1;2*-1. The smallest absolute Gasteiger partial charge is 1.00 e. The van der Waals surface area contributed by atoms with E-state index in [2.05, 4.69) is 15.9 Å². The third-order valence-electron chi connectivity index (χ3n) is 1.76. The molecule has 11 heteroatoms. The van der Waals surface area contributed by atoms with Crippen LogP contribution in [-0.4, -0.2) is 25.9 Å². The zero-order chi connectivity index (χ0) is 12.6.